The average molecular weight is 975 g/mol. The number of carbonyl (C=O) groups is 2. The second-order valence-corrected chi connectivity index (χ2v) is 18.2. The van der Waals surface area contributed by atoms with Crippen molar-refractivity contribution in [1.29, 1.82) is 0 Å². The molecule has 1 fully saturated rings. The van der Waals surface area contributed by atoms with Crippen molar-refractivity contribution in [2.45, 2.75) is 172 Å². The number of phosphoric acid groups is 2. The van der Waals surface area contributed by atoms with Gasteiger partial charge in [0.15, 0.2) is 6.10 Å². The van der Waals surface area contributed by atoms with Gasteiger partial charge < -0.3 is 49.7 Å². The molecule has 0 aromatic carbocycles. The maximum Gasteiger partial charge on any atom is 0.472 e. The molecule has 17 nitrogen and oxygen atoms in total. The molecule has 0 heterocycles. The van der Waals surface area contributed by atoms with E-state index in [0.717, 1.165) is 32.1 Å². The summed E-state index contributed by atoms with van der Waals surface area (Å²) in [6.45, 7) is 2.74. The van der Waals surface area contributed by atoms with Crippen molar-refractivity contribution in [3.05, 3.63) is 97.2 Å². The van der Waals surface area contributed by atoms with Crippen molar-refractivity contribution < 1.29 is 82.0 Å². The second-order valence-electron chi connectivity index (χ2n) is 15.6. The summed E-state index contributed by atoms with van der Waals surface area (Å²) in [6, 6.07) is 0. The maximum absolute atomic E-state index is 13.0. The van der Waals surface area contributed by atoms with Gasteiger partial charge in [0.05, 0.1) is 12.7 Å². The zero-order valence-electron chi connectivity index (χ0n) is 38.4. The molecule has 66 heavy (non-hydrogen) atoms. The fourth-order valence-electron chi connectivity index (χ4n) is 6.15. The molecule has 9 atom stereocenters. The van der Waals surface area contributed by atoms with E-state index in [1.54, 1.807) is 6.08 Å². The Hall–Kier alpha value is -3.12. The number of carbonyl (C=O) groups excluding carboxylic acids is 2. The molecule has 0 spiro atoms. The summed E-state index contributed by atoms with van der Waals surface area (Å²) in [5, 5.41) is 51.0. The highest BCUT2D eigenvalue weighted by Gasteiger charge is 2.54. The van der Waals surface area contributed by atoms with Crippen LogP contribution in [0.3, 0.4) is 0 Å². The third kappa shape index (κ3) is 31.0. The van der Waals surface area contributed by atoms with Gasteiger partial charge in [-0.25, -0.2) is 9.13 Å². The number of ether oxygens (including phenoxy) is 2. The number of phosphoric ester groups is 2. The van der Waals surface area contributed by atoms with Crippen LogP contribution >= 0.6 is 15.6 Å². The Kier molecular flexibility index (Phi) is 34.0. The number of aliphatic hydroxyl groups is 5. The topological polar surface area (TPSA) is 276 Å². The Morgan fingerprint density at radius 2 is 1.09 bits per heavy atom. The van der Waals surface area contributed by atoms with E-state index in [4.69, 9.17) is 28.3 Å². The van der Waals surface area contributed by atoms with E-state index >= 15 is 0 Å². The van der Waals surface area contributed by atoms with Gasteiger partial charge in [-0.2, -0.15) is 0 Å². The molecule has 0 aromatic rings. The predicted octanol–water partition coefficient (Wildman–Crippen LogP) is 7.36. The summed E-state index contributed by atoms with van der Waals surface area (Å²) in [6.07, 6.45) is 28.6. The SMILES string of the molecule is CC/C=C\C(O)C/C=C/C=C\C/C=C\C/C=C\CCCC(=O)OC[C@H](COP(=O)(O)O[C@H]1C(O)C(O)C(O)[C@@H](OP(=O)(O)O)C1O)OC(=O)CCCC/C=C\C/C=C\C/C=C\CCCCC. The highest BCUT2D eigenvalue weighted by Crippen LogP contribution is 2.49. The first-order valence-electron chi connectivity index (χ1n) is 22.9. The molecule has 0 aliphatic heterocycles. The molecule has 19 heteroatoms. The van der Waals surface area contributed by atoms with Gasteiger partial charge in [0.2, 0.25) is 0 Å². The number of hydrogen-bond donors (Lipinski definition) is 8. The summed E-state index contributed by atoms with van der Waals surface area (Å²) >= 11 is 0. The molecule has 0 aromatic heterocycles. The van der Waals surface area contributed by atoms with Crippen LogP contribution in [0.1, 0.15) is 123 Å². The number of rotatable bonds is 36. The normalized spacial score (nSPS) is 22.9. The largest absolute Gasteiger partial charge is 0.472 e. The summed E-state index contributed by atoms with van der Waals surface area (Å²) in [4.78, 5) is 54.2. The van der Waals surface area contributed by atoms with Gasteiger partial charge in [-0.15, -0.1) is 0 Å². The minimum atomic E-state index is -5.38. The molecule has 1 aliphatic carbocycles. The lowest BCUT2D eigenvalue weighted by molar-refractivity contribution is -0.216. The summed E-state index contributed by atoms with van der Waals surface area (Å²) in [7, 11) is -10.7. The molecular weight excluding hydrogens is 898 g/mol. The Bertz CT molecular complexity index is 1670. The number of aliphatic hydroxyl groups excluding tert-OH is 5. The summed E-state index contributed by atoms with van der Waals surface area (Å²) in [5.74, 6) is -1.35. The minimum Gasteiger partial charge on any atom is -0.462 e. The van der Waals surface area contributed by atoms with Crippen molar-refractivity contribution in [2.24, 2.45) is 0 Å². The van der Waals surface area contributed by atoms with Gasteiger partial charge in [0.25, 0.3) is 0 Å². The Morgan fingerprint density at radius 1 is 0.576 bits per heavy atom. The molecule has 0 radical (unpaired) electrons. The van der Waals surface area contributed by atoms with Crippen molar-refractivity contribution in [1.82, 2.24) is 0 Å². The van der Waals surface area contributed by atoms with E-state index in [-0.39, 0.29) is 12.8 Å². The first kappa shape index (κ1) is 60.9. The van der Waals surface area contributed by atoms with Crippen LogP contribution in [0.5, 0.6) is 0 Å². The molecule has 1 saturated carbocycles. The monoisotopic (exact) mass is 974 g/mol. The van der Waals surface area contributed by atoms with Crippen LogP contribution in [0.4, 0.5) is 0 Å². The smallest absolute Gasteiger partial charge is 0.462 e. The highest BCUT2D eigenvalue weighted by atomic mass is 31.2. The molecule has 1 aliphatic rings. The van der Waals surface area contributed by atoms with Crippen molar-refractivity contribution in [3.8, 4) is 0 Å². The molecule has 0 saturated heterocycles. The fourth-order valence-corrected chi connectivity index (χ4v) is 7.68. The Morgan fingerprint density at radius 3 is 1.67 bits per heavy atom. The van der Waals surface area contributed by atoms with Gasteiger partial charge >= 0.3 is 27.6 Å². The summed E-state index contributed by atoms with van der Waals surface area (Å²) in [5.41, 5.74) is 0. The maximum atomic E-state index is 13.0. The standard InChI is InChI=1S/C47H76O17P2/c1-3-5-7-8-9-10-11-12-13-14-19-22-25-28-31-35-41(50)62-39(37-61-66(58,59)64-47-44(53)42(51)43(52)46(45(47)54)63-65(55,56)57)36-60-40(49)34-30-27-24-21-18-16-15-17-20-23-26-29-33-38(48)32-6-4-2/h6,9-10,12-13,15-16,19-24,26,29,32,38-39,42-48,51-54H,3-5,7-8,11,14,17-18,25,27-28,30-31,33-37H2,1-2H3,(H,58,59)(H2,55,56,57)/b10-9-,13-12-,16-15-,22-19-,23-20-,24-21-,29-26+,32-6-/t38?,39-,42?,43?,44?,45?,46-,47+/m1/s1. The average Bonchev–Trinajstić information content (AvgIpc) is 3.27. The van der Waals surface area contributed by atoms with Crippen LogP contribution in [0.2, 0.25) is 0 Å². The number of unbranched alkanes of at least 4 members (excludes halogenated alkanes) is 6. The van der Waals surface area contributed by atoms with Crippen LogP contribution < -0.4 is 0 Å². The molecule has 376 valence electrons. The lowest BCUT2D eigenvalue weighted by atomic mass is 9.85. The molecule has 1 rings (SSSR count). The third-order valence-electron chi connectivity index (χ3n) is 9.72. The van der Waals surface area contributed by atoms with E-state index in [1.807, 2.05) is 73.8 Å². The lowest BCUT2D eigenvalue weighted by Gasteiger charge is -2.43. The van der Waals surface area contributed by atoms with Crippen LogP contribution in [0.15, 0.2) is 97.2 Å². The van der Waals surface area contributed by atoms with Crippen molar-refractivity contribution in [3.63, 3.8) is 0 Å². The number of esters is 2. The fraction of sp³-hybridized carbons (Fsp3) is 0.617. The zero-order chi connectivity index (χ0) is 49.1. The van der Waals surface area contributed by atoms with Gasteiger partial charge in [-0.3, -0.25) is 23.2 Å². The molecule has 0 amide bonds. The van der Waals surface area contributed by atoms with Gasteiger partial charge in [-0.05, 0) is 83.5 Å². The molecule has 8 N–H and O–H groups in total. The Labute approximate surface area is 390 Å². The van der Waals surface area contributed by atoms with Gasteiger partial charge in [0.1, 0.15) is 43.2 Å². The van der Waals surface area contributed by atoms with Crippen LogP contribution in [-0.4, -0.2) is 114 Å². The van der Waals surface area contributed by atoms with Crippen molar-refractivity contribution in [2.75, 3.05) is 13.2 Å². The molecular formula is C47H76O17P2. The second kappa shape index (κ2) is 36.9. The summed E-state index contributed by atoms with van der Waals surface area (Å²) < 4.78 is 49.2. The first-order chi connectivity index (χ1) is 31.5. The number of hydrogen-bond acceptors (Lipinski definition) is 14. The predicted molar refractivity (Wildman–Crippen MR) is 251 cm³/mol. The zero-order valence-corrected chi connectivity index (χ0v) is 40.2. The van der Waals surface area contributed by atoms with Crippen LogP contribution in [0, 0.1) is 0 Å². The number of allylic oxidation sites excluding steroid dienone is 14. The minimum absolute atomic E-state index is 0.0104. The van der Waals surface area contributed by atoms with Gasteiger partial charge in [0, 0.05) is 12.8 Å². The van der Waals surface area contributed by atoms with Crippen LogP contribution in [-0.2, 0) is 41.8 Å². The van der Waals surface area contributed by atoms with E-state index in [1.165, 1.54) is 19.3 Å². The van der Waals surface area contributed by atoms with E-state index in [0.29, 0.717) is 44.9 Å². The van der Waals surface area contributed by atoms with Gasteiger partial charge in [-0.1, -0.05) is 124 Å². The lowest BCUT2D eigenvalue weighted by Crippen LogP contribution is -2.64. The highest BCUT2D eigenvalue weighted by molar-refractivity contribution is 7.47. The first-order valence-corrected chi connectivity index (χ1v) is 25.9. The van der Waals surface area contributed by atoms with Crippen molar-refractivity contribution >= 4 is 27.6 Å². The van der Waals surface area contributed by atoms with E-state index < -0.39 is 89.6 Å². The molecule has 6 unspecified atom stereocenters. The Balaban J connectivity index is 2.70. The quantitative estimate of drug-likeness (QED) is 0.0100. The molecule has 0 bridgehead atoms. The van der Waals surface area contributed by atoms with Crippen LogP contribution in [0.25, 0.3) is 0 Å². The van der Waals surface area contributed by atoms with E-state index in [2.05, 4.69) is 35.8 Å². The van der Waals surface area contributed by atoms with E-state index in [9.17, 15) is 49.1 Å². The third-order valence-corrected chi connectivity index (χ3v) is 11.2.